The zero-order chi connectivity index (χ0) is 17.5. The first-order chi connectivity index (χ1) is 10.7. The van der Waals surface area contributed by atoms with Crippen LogP contribution in [0.3, 0.4) is 0 Å². The molecule has 0 spiro atoms. The summed E-state index contributed by atoms with van der Waals surface area (Å²) in [5, 5.41) is 11.3. The number of carbonyl (C=O) groups excluding carboxylic acids is 2. The standard InChI is InChI=1S/C17H21N3O3/c1-17(2,3)23-16(22)20-14(10-15(21)19-4)9-12-5-7-13(11-18)8-6-12/h5-8H,9-10H2,1-4H3,(H,19,21). The van der Waals surface area contributed by atoms with Gasteiger partial charge in [-0.25, -0.2) is 4.79 Å². The van der Waals surface area contributed by atoms with Crippen LogP contribution in [-0.4, -0.2) is 30.4 Å². The van der Waals surface area contributed by atoms with Gasteiger partial charge in [-0.3, -0.25) is 4.79 Å². The summed E-state index contributed by atoms with van der Waals surface area (Å²) < 4.78 is 5.16. The topological polar surface area (TPSA) is 91.5 Å². The van der Waals surface area contributed by atoms with Gasteiger partial charge in [0.15, 0.2) is 0 Å². The van der Waals surface area contributed by atoms with E-state index in [4.69, 9.17) is 10.00 Å². The first-order valence-electron chi connectivity index (χ1n) is 7.22. The van der Waals surface area contributed by atoms with Gasteiger partial charge in [-0.05, 0) is 38.5 Å². The van der Waals surface area contributed by atoms with Gasteiger partial charge in [-0.15, -0.1) is 0 Å². The first-order valence-corrected chi connectivity index (χ1v) is 7.22. The lowest BCUT2D eigenvalue weighted by Gasteiger charge is -2.17. The van der Waals surface area contributed by atoms with Crippen molar-refractivity contribution in [2.24, 2.45) is 4.99 Å². The summed E-state index contributed by atoms with van der Waals surface area (Å²) in [6, 6.07) is 8.94. The first kappa shape index (κ1) is 18.4. The van der Waals surface area contributed by atoms with E-state index >= 15 is 0 Å². The summed E-state index contributed by atoms with van der Waals surface area (Å²) in [5.41, 5.74) is 1.16. The minimum Gasteiger partial charge on any atom is -0.442 e. The molecule has 122 valence electrons. The maximum absolute atomic E-state index is 11.8. The number of nitrogens with one attached hydrogen (secondary N) is 1. The highest BCUT2D eigenvalue weighted by Crippen LogP contribution is 2.11. The normalized spacial score (nSPS) is 11.5. The van der Waals surface area contributed by atoms with Crippen LogP contribution in [0.2, 0.25) is 0 Å². The molecule has 0 unspecified atom stereocenters. The minimum absolute atomic E-state index is 0.00967. The average Bonchev–Trinajstić information content (AvgIpc) is 2.45. The summed E-state index contributed by atoms with van der Waals surface area (Å²) in [5.74, 6) is -0.235. The van der Waals surface area contributed by atoms with Gasteiger partial charge >= 0.3 is 6.09 Å². The maximum atomic E-state index is 11.8. The molecule has 1 aromatic carbocycles. The van der Waals surface area contributed by atoms with E-state index in [1.807, 2.05) is 6.07 Å². The molecule has 0 fully saturated rings. The van der Waals surface area contributed by atoms with Crippen molar-refractivity contribution in [2.45, 2.75) is 39.2 Å². The number of carbonyl (C=O) groups is 2. The van der Waals surface area contributed by atoms with E-state index in [0.717, 1.165) is 5.56 Å². The van der Waals surface area contributed by atoms with Gasteiger partial charge < -0.3 is 10.1 Å². The predicted molar refractivity (Wildman–Crippen MR) is 87.2 cm³/mol. The Kier molecular flexibility index (Phi) is 6.46. The average molecular weight is 315 g/mol. The van der Waals surface area contributed by atoms with Gasteiger partial charge in [0, 0.05) is 19.2 Å². The summed E-state index contributed by atoms with van der Waals surface area (Å²) in [6.45, 7) is 5.25. The lowest BCUT2D eigenvalue weighted by atomic mass is 10.0. The van der Waals surface area contributed by atoms with Crippen molar-refractivity contribution >= 4 is 17.7 Å². The molecule has 0 saturated heterocycles. The number of nitriles is 1. The summed E-state index contributed by atoms with van der Waals surface area (Å²) in [4.78, 5) is 27.4. The Morgan fingerprint density at radius 1 is 1.26 bits per heavy atom. The maximum Gasteiger partial charge on any atom is 0.434 e. The van der Waals surface area contributed by atoms with Crippen molar-refractivity contribution in [1.29, 1.82) is 5.26 Å². The predicted octanol–water partition coefficient (Wildman–Crippen LogP) is 2.61. The molecule has 0 saturated carbocycles. The molecular formula is C17H21N3O3. The van der Waals surface area contributed by atoms with Gasteiger partial charge in [-0.2, -0.15) is 10.3 Å². The molecule has 23 heavy (non-hydrogen) atoms. The second kappa shape index (κ2) is 8.08. The highest BCUT2D eigenvalue weighted by atomic mass is 16.6. The van der Waals surface area contributed by atoms with Gasteiger partial charge in [0.05, 0.1) is 18.1 Å². The van der Waals surface area contributed by atoms with Crippen molar-refractivity contribution in [1.82, 2.24) is 5.32 Å². The Morgan fingerprint density at radius 3 is 2.35 bits per heavy atom. The number of benzene rings is 1. The van der Waals surface area contributed by atoms with Gasteiger partial charge in [0.2, 0.25) is 5.91 Å². The van der Waals surface area contributed by atoms with Crippen LogP contribution in [0.4, 0.5) is 4.79 Å². The quantitative estimate of drug-likeness (QED) is 0.864. The molecule has 0 radical (unpaired) electrons. The Balaban J connectivity index is 2.93. The molecule has 2 amide bonds. The van der Waals surface area contributed by atoms with Crippen LogP contribution >= 0.6 is 0 Å². The largest absolute Gasteiger partial charge is 0.442 e. The second-order valence-electron chi connectivity index (χ2n) is 5.99. The number of nitrogens with zero attached hydrogens (tertiary/aromatic N) is 2. The molecule has 0 aliphatic heterocycles. The number of rotatable bonds is 4. The Labute approximate surface area is 136 Å². The van der Waals surface area contributed by atoms with Crippen molar-refractivity contribution in [3.8, 4) is 6.07 Å². The van der Waals surface area contributed by atoms with E-state index in [0.29, 0.717) is 17.7 Å². The number of hydrogen-bond acceptors (Lipinski definition) is 4. The van der Waals surface area contributed by atoms with Crippen molar-refractivity contribution in [3.63, 3.8) is 0 Å². The molecule has 0 heterocycles. The monoisotopic (exact) mass is 315 g/mol. The molecule has 1 aromatic rings. The number of aliphatic imine (C=N–C) groups is 1. The van der Waals surface area contributed by atoms with Crippen molar-refractivity contribution < 1.29 is 14.3 Å². The molecule has 0 atom stereocenters. The summed E-state index contributed by atoms with van der Waals surface area (Å²) in [6.07, 6.45) is -0.376. The Morgan fingerprint density at radius 2 is 1.87 bits per heavy atom. The second-order valence-corrected chi connectivity index (χ2v) is 5.99. The van der Waals surface area contributed by atoms with Crippen LogP contribution in [0.15, 0.2) is 29.3 Å². The zero-order valence-corrected chi connectivity index (χ0v) is 13.8. The molecular weight excluding hydrogens is 294 g/mol. The van der Waals surface area contributed by atoms with E-state index < -0.39 is 11.7 Å². The third kappa shape index (κ3) is 7.23. The SMILES string of the molecule is CNC(=O)CC(Cc1ccc(C#N)cc1)=NC(=O)OC(C)(C)C. The lowest BCUT2D eigenvalue weighted by molar-refractivity contribution is -0.119. The lowest BCUT2D eigenvalue weighted by Crippen LogP contribution is -2.25. The summed E-state index contributed by atoms with van der Waals surface area (Å²) in [7, 11) is 1.52. The van der Waals surface area contributed by atoms with Crippen LogP contribution in [0.1, 0.15) is 38.3 Å². The molecule has 0 bridgehead atoms. The molecule has 6 heteroatoms. The molecule has 0 aromatic heterocycles. The number of amides is 2. The number of ether oxygens (including phenoxy) is 1. The molecule has 1 N–H and O–H groups in total. The fourth-order valence-electron chi connectivity index (χ4n) is 1.76. The van der Waals surface area contributed by atoms with Gasteiger partial charge in [-0.1, -0.05) is 12.1 Å². The summed E-state index contributed by atoms with van der Waals surface area (Å²) >= 11 is 0. The van der Waals surface area contributed by atoms with Crippen LogP contribution in [-0.2, 0) is 16.0 Å². The molecule has 0 aliphatic rings. The van der Waals surface area contributed by atoms with Crippen molar-refractivity contribution in [3.05, 3.63) is 35.4 Å². The van der Waals surface area contributed by atoms with E-state index in [2.05, 4.69) is 10.3 Å². The van der Waals surface area contributed by atoms with E-state index in [1.54, 1.807) is 45.0 Å². The van der Waals surface area contributed by atoms with E-state index in [1.165, 1.54) is 7.05 Å². The fourth-order valence-corrected chi connectivity index (χ4v) is 1.76. The smallest absolute Gasteiger partial charge is 0.434 e. The van der Waals surface area contributed by atoms with Gasteiger partial charge in [0.1, 0.15) is 5.60 Å². The van der Waals surface area contributed by atoms with Crippen molar-refractivity contribution in [2.75, 3.05) is 7.05 Å². The zero-order valence-electron chi connectivity index (χ0n) is 13.8. The van der Waals surface area contributed by atoms with Crippen LogP contribution in [0, 0.1) is 11.3 Å². The fraction of sp³-hybridized carbons (Fsp3) is 0.412. The van der Waals surface area contributed by atoms with Crippen LogP contribution < -0.4 is 5.32 Å². The Bertz CT molecular complexity index is 635. The van der Waals surface area contributed by atoms with Crippen LogP contribution in [0.5, 0.6) is 0 Å². The molecule has 0 aliphatic carbocycles. The Hall–Kier alpha value is -2.68. The highest BCUT2D eigenvalue weighted by Gasteiger charge is 2.17. The number of hydrogen-bond donors (Lipinski definition) is 1. The molecule has 6 nitrogen and oxygen atoms in total. The third-order valence-electron chi connectivity index (χ3n) is 2.78. The minimum atomic E-state index is -0.718. The van der Waals surface area contributed by atoms with E-state index in [9.17, 15) is 9.59 Å². The third-order valence-corrected chi connectivity index (χ3v) is 2.78. The highest BCUT2D eigenvalue weighted by molar-refractivity contribution is 6.05. The van der Waals surface area contributed by atoms with Gasteiger partial charge in [0.25, 0.3) is 0 Å². The van der Waals surface area contributed by atoms with E-state index in [-0.39, 0.29) is 12.3 Å². The molecule has 1 rings (SSSR count). The van der Waals surface area contributed by atoms with Crippen LogP contribution in [0.25, 0.3) is 0 Å².